The third-order valence-electron chi connectivity index (χ3n) is 13.8. The summed E-state index contributed by atoms with van der Waals surface area (Å²) in [6.07, 6.45) is -6.31. The number of nitrogens with zero attached hydrogens (tertiary/aromatic N) is 6. The Balaban J connectivity index is 0.000000185. The van der Waals surface area contributed by atoms with Gasteiger partial charge in [-0.1, -0.05) is 35.9 Å². The number of rotatable bonds is 21. The second-order valence-electron chi connectivity index (χ2n) is 22.5. The van der Waals surface area contributed by atoms with E-state index in [4.69, 9.17) is 35.3 Å². The number of alkyl halides is 6. The minimum atomic E-state index is -4.62. The molecule has 0 aliphatic carbocycles. The molecule has 506 valence electrons. The van der Waals surface area contributed by atoms with Crippen LogP contribution in [0.1, 0.15) is 38.2 Å². The molecule has 1 aliphatic rings. The lowest BCUT2D eigenvalue weighted by atomic mass is 10.1. The van der Waals surface area contributed by atoms with Crippen LogP contribution in [-0.4, -0.2) is 110 Å². The molecule has 4 heterocycles. The van der Waals surface area contributed by atoms with Crippen molar-refractivity contribution in [2.24, 2.45) is 0 Å². The average Bonchev–Trinajstić information content (AvgIpc) is 1.09. The molecule has 96 heavy (non-hydrogen) atoms. The molecule has 0 atom stereocenters. The number of carbonyl (C=O) groups is 1. The van der Waals surface area contributed by atoms with Crippen LogP contribution < -0.4 is 62.0 Å². The van der Waals surface area contributed by atoms with E-state index in [1.165, 1.54) is 20.4 Å². The number of nitrogens with one attached hydrogen (secondary N) is 6. The van der Waals surface area contributed by atoms with Crippen LogP contribution in [-0.2, 0) is 42.1 Å². The Morgan fingerprint density at radius 1 is 0.542 bits per heavy atom. The number of hydrogen-bond acceptors (Lipinski definition) is 21. The molecule has 3 aromatic heterocycles. The molecule has 0 radical (unpaired) electrons. The first-order chi connectivity index (χ1) is 45.2. The fourth-order valence-corrected chi connectivity index (χ4v) is 11.7. The van der Waals surface area contributed by atoms with Crippen molar-refractivity contribution in [1.29, 1.82) is 0 Å². The summed E-state index contributed by atoms with van der Waals surface area (Å²) in [6.45, 7) is 14.4. The molecule has 31 heteroatoms. The van der Waals surface area contributed by atoms with Crippen LogP contribution in [0.2, 0.25) is 5.02 Å². The van der Waals surface area contributed by atoms with Gasteiger partial charge >= 0.3 is 18.3 Å². The molecule has 6 N–H and O–H groups in total. The number of ether oxygens (including phenoxy) is 5. The van der Waals surface area contributed by atoms with Crippen molar-refractivity contribution < 1.29 is 68.5 Å². The van der Waals surface area contributed by atoms with Gasteiger partial charge in [-0.05, 0) is 174 Å². The van der Waals surface area contributed by atoms with Crippen molar-refractivity contribution in [3.63, 3.8) is 0 Å². The molecule has 0 fully saturated rings. The molecule has 0 saturated carbocycles. The Morgan fingerprint density at radius 3 is 1.62 bits per heavy atom. The third kappa shape index (κ3) is 20.4. The summed E-state index contributed by atoms with van der Waals surface area (Å²) in [5.41, 5.74) is 3.64. The van der Waals surface area contributed by atoms with Crippen LogP contribution in [0.15, 0.2) is 146 Å². The first kappa shape index (κ1) is 72.6. The van der Waals surface area contributed by atoms with Crippen molar-refractivity contribution in [3.8, 4) is 17.2 Å². The van der Waals surface area contributed by atoms with Gasteiger partial charge in [0.25, 0.3) is 0 Å². The number of anilines is 11. The standard InChI is InChI=1S/C23H26ClN4O5P.C21H20F3N4O3P.C21H22F3N4OP/c1-31-11-12-33-22(29)16-7-5-6-8-18(16)26-21-17(24)14-25-23(28-21)27-19-10-9-15(34(3,4)30)13-20(19)32-2;1-32(2,29)15-6-4-14(5-7-15)27-20-26-11-16(21(22,23)24)19(28-20)25-10-13-3-8-17-18(9-13)31-12-30-17;1-13-9-14(2)11-16(10-13)26-19-18(21(22,23)24)12-25-20(28-19)27-15-5-7-17(8-6-15)30(3,4)29/h5-10,13-14H,11-12H2,1-4H3,(H2,25,26,27,28);3-9,11H,10,12H2,1-2H3,(H2,25,26,27,28);5-12H,1-4H3,(H2,25,26,27,28). The predicted molar refractivity (Wildman–Crippen MR) is 365 cm³/mol. The number of aryl methyl sites for hydroxylation is 2. The summed E-state index contributed by atoms with van der Waals surface area (Å²) in [5.74, 6) is 0.978. The quantitative estimate of drug-likeness (QED) is 0.0169. The summed E-state index contributed by atoms with van der Waals surface area (Å²) < 4.78 is 144. The number of hydrogen-bond donors (Lipinski definition) is 6. The number of esters is 1. The van der Waals surface area contributed by atoms with E-state index in [-0.39, 0.29) is 54.4 Å². The third-order valence-corrected chi connectivity index (χ3v) is 18.7. The molecule has 21 nitrogen and oxygen atoms in total. The van der Waals surface area contributed by atoms with E-state index in [0.717, 1.165) is 23.5 Å². The largest absolute Gasteiger partial charge is 0.495 e. The monoisotopic (exact) mass is 1400 g/mol. The second kappa shape index (κ2) is 31.1. The molecule has 0 unspecified atom stereocenters. The van der Waals surface area contributed by atoms with E-state index in [2.05, 4.69) is 61.8 Å². The van der Waals surface area contributed by atoms with Gasteiger partial charge in [0.1, 0.15) is 61.6 Å². The van der Waals surface area contributed by atoms with Crippen LogP contribution in [0.4, 0.5) is 90.1 Å². The van der Waals surface area contributed by atoms with E-state index >= 15 is 0 Å². The minimum Gasteiger partial charge on any atom is -0.495 e. The normalized spacial score (nSPS) is 12.1. The maximum Gasteiger partial charge on any atom is 0.421 e. The lowest BCUT2D eigenvalue weighted by Gasteiger charge is -2.16. The highest BCUT2D eigenvalue weighted by atomic mass is 35.5. The molecule has 0 saturated heterocycles. The van der Waals surface area contributed by atoms with Crippen LogP contribution >= 0.6 is 33.0 Å². The van der Waals surface area contributed by atoms with Crippen molar-refractivity contribution in [2.75, 3.05) is 106 Å². The molecular formula is C65H68ClF6N12O9P3. The number of aromatic nitrogens is 6. The Morgan fingerprint density at radius 2 is 1.06 bits per heavy atom. The van der Waals surface area contributed by atoms with E-state index < -0.39 is 50.9 Å². The van der Waals surface area contributed by atoms with Crippen molar-refractivity contribution >= 4 is 119 Å². The SMILES string of the molecule is COCCOC(=O)c1ccccc1Nc1nc(Nc2ccc(P(C)(C)=O)cc2OC)ncc1Cl.CP(C)(=O)c1ccc(Nc2ncc(C(F)(F)F)c(NCc3ccc4c(c3)OCO4)n2)cc1.Cc1cc(C)cc(Nc2nc(Nc3ccc(P(C)(C)=O)cc3)ncc2C(F)(F)F)c1. The fourth-order valence-electron chi connectivity index (χ4n) is 8.96. The number of para-hydroxylation sites is 1. The zero-order valence-electron chi connectivity index (χ0n) is 53.5. The van der Waals surface area contributed by atoms with Crippen LogP contribution in [0.25, 0.3) is 0 Å². The lowest BCUT2D eigenvalue weighted by Crippen LogP contribution is -2.14. The second-order valence-corrected chi connectivity index (χ2v) is 32.6. The first-order valence-corrected chi connectivity index (χ1v) is 37.2. The molecule has 0 spiro atoms. The predicted octanol–water partition coefficient (Wildman–Crippen LogP) is 15.4. The number of methoxy groups -OCH3 is 2. The Hall–Kier alpha value is -9.25. The first-order valence-electron chi connectivity index (χ1n) is 29.0. The minimum absolute atomic E-state index is 0.00452. The van der Waals surface area contributed by atoms with Gasteiger partial charge in [0.15, 0.2) is 17.3 Å². The van der Waals surface area contributed by atoms with Crippen LogP contribution in [0, 0.1) is 13.8 Å². The Labute approximate surface area is 555 Å². The van der Waals surface area contributed by atoms with E-state index in [1.54, 1.807) is 161 Å². The average molecular weight is 1400 g/mol. The summed E-state index contributed by atoms with van der Waals surface area (Å²) >= 11 is 6.31. The fraction of sp³-hybridized carbons (Fsp3) is 0.246. The van der Waals surface area contributed by atoms with Gasteiger partial charge in [0.2, 0.25) is 24.6 Å². The number of halogens is 7. The maximum atomic E-state index is 13.5. The molecule has 10 rings (SSSR count). The van der Waals surface area contributed by atoms with Crippen molar-refractivity contribution in [3.05, 3.63) is 184 Å². The molecule has 1 aliphatic heterocycles. The molecule has 0 amide bonds. The number of carbonyl (C=O) groups excluding carboxylic acids is 1. The Kier molecular flexibility index (Phi) is 23.5. The number of benzene rings is 6. The lowest BCUT2D eigenvalue weighted by molar-refractivity contribution is -0.138. The van der Waals surface area contributed by atoms with Gasteiger partial charge in [-0.25, -0.2) is 19.7 Å². The van der Waals surface area contributed by atoms with Crippen molar-refractivity contribution in [2.45, 2.75) is 32.7 Å². The highest BCUT2D eigenvalue weighted by Gasteiger charge is 2.37. The van der Waals surface area contributed by atoms with Gasteiger partial charge in [0, 0.05) is 59.0 Å². The molecule has 0 bridgehead atoms. The van der Waals surface area contributed by atoms with Gasteiger partial charge < -0.3 is 69.3 Å². The molecule has 9 aromatic rings. The summed E-state index contributed by atoms with van der Waals surface area (Å²) in [4.78, 5) is 36.8. The van der Waals surface area contributed by atoms with Gasteiger partial charge in [-0.3, -0.25) is 0 Å². The van der Waals surface area contributed by atoms with Crippen LogP contribution in [0.3, 0.4) is 0 Å². The summed E-state index contributed by atoms with van der Waals surface area (Å²) in [6, 6.07) is 36.2. The highest BCUT2D eigenvalue weighted by Crippen LogP contribution is 2.41. The summed E-state index contributed by atoms with van der Waals surface area (Å²) in [5, 5.41) is 19.8. The van der Waals surface area contributed by atoms with E-state index in [9.17, 15) is 44.8 Å². The van der Waals surface area contributed by atoms with Gasteiger partial charge in [-0.15, -0.1) is 0 Å². The number of fused-ring (bicyclic) bond motifs is 1. The van der Waals surface area contributed by atoms with E-state index in [1.807, 2.05) is 19.9 Å². The topological polar surface area (TPSA) is 264 Å². The molecule has 6 aromatic carbocycles. The summed E-state index contributed by atoms with van der Waals surface area (Å²) in [7, 11) is -4.19. The maximum absolute atomic E-state index is 13.5. The van der Waals surface area contributed by atoms with E-state index in [0.29, 0.717) is 85.2 Å². The van der Waals surface area contributed by atoms with Gasteiger partial charge in [-0.2, -0.15) is 41.3 Å². The zero-order chi connectivity index (χ0) is 69.8. The van der Waals surface area contributed by atoms with Crippen molar-refractivity contribution in [1.82, 2.24) is 29.9 Å². The smallest absolute Gasteiger partial charge is 0.421 e. The van der Waals surface area contributed by atoms with Gasteiger partial charge in [0.05, 0.1) is 36.9 Å². The Bertz CT molecular complexity index is 4370. The molecular weight excluding hydrogens is 1340 g/mol. The zero-order valence-corrected chi connectivity index (χ0v) is 57.0. The van der Waals surface area contributed by atoms with Crippen LogP contribution in [0.5, 0.6) is 17.2 Å². The highest BCUT2D eigenvalue weighted by molar-refractivity contribution is 7.70.